The van der Waals surface area contributed by atoms with E-state index in [0.29, 0.717) is 36.4 Å². The molecule has 1 atom stereocenters. The van der Waals surface area contributed by atoms with Crippen molar-refractivity contribution in [3.8, 4) is 0 Å². The van der Waals surface area contributed by atoms with E-state index in [-0.39, 0.29) is 24.0 Å². The third kappa shape index (κ3) is 3.44. The topological polar surface area (TPSA) is 54.5 Å². The second-order valence-corrected chi connectivity index (χ2v) is 10.3. The molecule has 1 heterocycles. The van der Waals surface area contributed by atoms with Crippen LogP contribution in [0, 0.1) is 5.82 Å². The van der Waals surface area contributed by atoms with Crippen molar-refractivity contribution in [2.45, 2.75) is 29.9 Å². The van der Waals surface area contributed by atoms with E-state index in [1.807, 2.05) is 0 Å². The van der Waals surface area contributed by atoms with Crippen molar-refractivity contribution < 1.29 is 17.6 Å². The normalized spacial score (nSPS) is 23.1. The molecule has 1 saturated heterocycles. The highest BCUT2D eigenvalue weighted by Gasteiger charge is 2.53. The van der Waals surface area contributed by atoms with Crippen LogP contribution in [0.1, 0.15) is 35.6 Å². The Kier molecular flexibility index (Phi) is 4.96. The number of benzene rings is 2. The van der Waals surface area contributed by atoms with Gasteiger partial charge < -0.3 is 4.90 Å². The lowest BCUT2D eigenvalue weighted by Crippen LogP contribution is -2.41. The second kappa shape index (κ2) is 7.16. The van der Waals surface area contributed by atoms with Gasteiger partial charge in [-0.15, -0.1) is 0 Å². The maximum absolute atomic E-state index is 13.3. The Morgan fingerprint density at radius 1 is 1.07 bits per heavy atom. The van der Waals surface area contributed by atoms with Crippen LogP contribution in [0.15, 0.2) is 48.5 Å². The first kappa shape index (κ1) is 19.4. The summed E-state index contributed by atoms with van der Waals surface area (Å²) in [5.74, 6) is -0.488. The number of carbonyl (C=O) groups is 1. The Hall–Kier alpha value is -1.92. The Balaban J connectivity index is 1.57. The van der Waals surface area contributed by atoms with Crippen molar-refractivity contribution in [2.24, 2.45) is 0 Å². The van der Waals surface area contributed by atoms with Gasteiger partial charge in [0.15, 0.2) is 9.84 Å². The number of amides is 1. The van der Waals surface area contributed by atoms with E-state index in [2.05, 4.69) is 0 Å². The van der Waals surface area contributed by atoms with Crippen molar-refractivity contribution in [1.82, 2.24) is 4.90 Å². The third-order valence-electron chi connectivity index (χ3n) is 5.84. The number of nitrogens with zero attached hydrogens (tertiary/aromatic N) is 1. The van der Waals surface area contributed by atoms with Gasteiger partial charge in [0.1, 0.15) is 5.82 Å². The standard InChI is InChI=1S/C21H21ClFNO3S/c22-18-4-2-1-3-17(18)19-9-12-24(13-14-28(19,26)27)20(25)21(10-11-21)15-5-7-16(23)8-6-15/h1-8,19H,9-14H2/t19-/m0/s1. The summed E-state index contributed by atoms with van der Waals surface area (Å²) < 4.78 is 39.0. The van der Waals surface area contributed by atoms with Crippen LogP contribution in [0.3, 0.4) is 0 Å². The molecule has 148 valence electrons. The van der Waals surface area contributed by atoms with Gasteiger partial charge in [-0.3, -0.25) is 4.79 Å². The molecule has 0 aromatic heterocycles. The van der Waals surface area contributed by atoms with Crippen LogP contribution < -0.4 is 0 Å². The van der Waals surface area contributed by atoms with Crippen LogP contribution in [-0.2, 0) is 20.0 Å². The highest BCUT2D eigenvalue weighted by Crippen LogP contribution is 2.50. The zero-order valence-corrected chi connectivity index (χ0v) is 16.8. The van der Waals surface area contributed by atoms with Crippen molar-refractivity contribution >= 4 is 27.3 Å². The van der Waals surface area contributed by atoms with Crippen LogP contribution in [-0.4, -0.2) is 38.1 Å². The fraction of sp³-hybridized carbons (Fsp3) is 0.381. The van der Waals surface area contributed by atoms with Crippen LogP contribution in [0.25, 0.3) is 0 Å². The van der Waals surface area contributed by atoms with E-state index in [0.717, 1.165) is 5.56 Å². The van der Waals surface area contributed by atoms with Crippen molar-refractivity contribution in [2.75, 3.05) is 18.8 Å². The molecule has 2 aromatic rings. The molecule has 2 fully saturated rings. The molecule has 2 aliphatic rings. The van der Waals surface area contributed by atoms with E-state index in [1.165, 1.54) is 12.1 Å². The van der Waals surface area contributed by atoms with Crippen LogP contribution in [0.2, 0.25) is 5.02 Å². The minimum absolute atomic E-state index is 0.0610. The largest absolute Gasteiger partial charge is 0.341 e. The lowest BCUT2D eigenvalue weighted by Gasteiger charge is -2.26. The summed E-state index contributed by atoms with van der Waals surface area (Å²) in [6, 6.07) is 13.0. The van der Waals surface area contributed by atoms with E-state index >= 15 is 0 Å². The van der Waals surface area contributed by atoms with Gasteiger partial charge in [-0.05, 0) is 48.6 Å². The first-order valence-corrected chi connectivity index (χ1v) is 11.4. The summed E-state index contributed by atoms with van der Waals surface area (Å²) in [6.07, 6.45) is 1.72. The third-order valence-corrected chi connectivity index (χ3v) is 8.29. The number of hydrogen-bond acceptors (Lipinski definition) is 3. The Labute approximate surface area is 169 Å². The molecule has 1 amide bonds. The molecule has 0 radical (unpaired) electrons. The molecule has 7 heteroatoms. The summed E-state index contributed by atoms with van der Waals surface area (Å²) >= 11 is 6.24. The van der Waals surface area contributed by atoms with Gasteiger partial charge in [0, 0.05) is 18.1 Å². The quantitative estimate of drug-likeness (QED) is 0.755. The maximum atomic E-state index is 13.3. The Bertz CT molecular complexity index is 1000. The zero-order valence-electron chi connectivity index (χ0n) is 15.3. The molecule has 0 unspecified atom stereocenters. The van der Waals surface area contributed by atoms with Crippen LogP contribution in [0.4, 0.5) is 4.39 Å². The lowest BCUT2D eigenvalue weighted by molar-refractivity contribution is -0.133. The molecule has 0 bridgehead atoms. The predicted molar refractivity (Wildman–Crippen MR) is 106 cm³/mol. The fourth-order valence-electron chi connectivity index (χ4n) is 4.06. The molecule has 0 N–H and O–H groups in total. The number of sulfone groups is 1. The summed E-state index contributed by atoms with van der Waals surface area (Å²) in [5.41, 5.74) is 0.758. The summed E-state index contributed by atoms with van der Waals surface area (Å²) in [4.78, 5) is 14.9. The van der Waals surface area contributed by atoms with Crippen molar-refractivity contribution in [3.05, 3.63) is 70.5 Å². The molecular weight excluding hydrogens is 401 g/mol. The Morgan fingerprint density at radius 2 is 1.75 bits per heavy atom. The monoisotopic (exact) mass is 421 g/mol. The van der Waals surface area contributed by atoms with E-state index in [9.17, 15) is 17.6 Å². The molecule has 2 aromatic carbocycles. The number of carbonyl (C=O) groups excluding carboxylic acids is 1. The van der Waals surface area contributed by atoms with Gasteiger partial charge in [0.2, 0.25) is 5.91 Å². The van der Waals surface area contributed by atoms with Gasteiger partial charge >= 0.3 is 0 Å². The minimum Gasteiger partial charge on any atom is -0.341 e. The minimum atomic E-state index is -3.43. The van der Waals surface area contributed by atoms with Gasteiger partial charge in [-0.25, -0.2) is 12.8 Å². The van der Waals surface area contributed by atoms with E-state index in [4.69, 9.17) is 11.6 Å². The summed E-state index contributed by atoms with van der Waals surface area (Å²) in [5, 5.41) is -0.277. The first-order chi connectivity index (χ1) is 13.3. The first-order valence-electron chi connectivity index (χ1n) is 9.35. The molecule has 1 aliphatic heterocycles. The number of halogens is 2. The highest BCUT2D eigenvalue weighted by molar-refractivity contribution is 7.91. The molecule has 28 heavy (non-hydrogen) atoms. The molecule has 1 saturated carbocycles. The van der Waals surface area contributed by atoms with Gasteiger partial charge in [-0.1, -0.05) is 41.9 Å². The summed E-state index contributed by atoms with van der Waals surface area (Å²) in [6.45, 7) is 0.530. The molecule has 0 spiro atoms. The van der Waals surface area contributed by atoms with Crippen molar-refractivity contribution in [3.63, 3.8) is 0 Å². The van der Waals surface area contributed by atoms with E-state index < -0.39 is 20.5 Å². The van der Waals surface area contributed by atoms with Crippen molar-refractivity contribution in [1.29, 1.82) is 0 Å². The second-order valence-electron chi connectivity index (χ2n) is 7.55. The predicted octanol–water partition coefficient (Wildman–Crippen LogP) is 3.90. The average molecular weight is 422 g/mol. The SMILES string of the molecule is O=C(N1CC[C@@H](c2ccccc2Cl)S(=O)(=O)CC1)C1(c2ccc(F)cc2)CC1. The van der Waals surface area contributed by atoms with E-state index in [1.54, 1.807) is 41.3 Å². The maximum Gasteiger partial charge on any atom is 0.233 e. The van der Waals surface area contributed by atoms with Crippen LogP contribution in [0.5, 0.6) is 0 Å². The fourth-order valence-corrected chi connectivity index (χ4v) is 6.20. The van der Waals surface area contributed by atoms with Gasteiger partial charge in [0.25, 0.3) is 0 Å². The molecular formula is C21H21ClFNO3S. The van der Waals surface area contributed by atoms with Gasteiger partial charge in [-0.2, -0.15) is 0 Å². The highest BCUT2D eigenvalue weighted by atomic mass is 35.5. The lowest BCUT2D eigenvalue weighted by atomic mass is 9.94. The van der Waals surface area contributed by atoms with Crippen LogP contribution >= 0.6 is 11.6 Å². The molecule has 1 aliphatic carbocycles. The van der Waals surface area contributed by atoms with Gasteiger partial charge in [0.05, 0.1) is 16.4 Å². The Morgan fingerprint density at radius 3 is 2.39 bits per heavy atom. The molecule has 4 rings (SSSR count). The summed E-state index contributed by atoms with van der Waals surface area (Å²) in [7, 11) is -3.43. The number of rotatable bonds is 3. The zero-order chi connectivity index (χ0) is 19.9. The smallest absolute Gasteiger partial charge is 0.233 e. The number of hydrogen-bond donors (Lipinski definition) is 0. The average Bonchev–Trinajstić information content (AvgIpc) is 3.48. The molecule has 4 nitrogen and oxygen atoms in total.